The SMILES string of the molecule is CC(C)(C)c1ccc(N2C(=O)C3C4CCC(C(=O)C4)C3C2=O)cc1[N+](=O)[O-]. The topological polar surface area (TPSA) is 97.6 Å². The summed E-state index contributed by atoms with van der Waals surface area (Å²) < 4.78 is 0. The van der Waals surface area contributed by atoms with E-state index < -0.39 is 22.2 Å². The van der Waals surface area contributed by atoms with E-state index >= 15 is 0 Å². The molecule has 3 saturated carbocycles. The lowest BCUT2D eigenvalue weighted by Gasteiger charge is -2.41. The van der Waals surface area contributed by atoms with Gasteiger partial charge in [-0.2, -0.15) is 0 Å². The van der Waals surface area contributed by atoms with E-state index in [2.05, 4.69) is 0 Å². The number of fused-ring (bicyclic) bond motifs is 2. The quantitative estimate of drug-likeness (QED) is 0.453. The van der Waals surface area contributed by atoms with E-state index in [4.69, 9.17) is 0 Å². The van der Waals surface area contributed by atoms with Crippen molar-refractivity contribution < 1.29 is 19.3 Å². The zero-order chi connectivity index (χ0) is 19.7. The number of benzene rings is 1. The van der Waals surface area contributed by atoms with E-state index in [0.29, 0.717) is 18.4 Å². The maximum atomic E-state index is 13.0. The van der Waals surface area contributed by atoms with E-state index in [-0.39, 0.29) is 40.8 Å². The van der Waals surface area contributed by atoms with Gasteiger partial charge in [0.1, 0.15) is 5.78 Å². The van der Waals surface area contributed by atoms with Crippen molar-refractivity contribution in [3.8, 4) is 0 Å². The van der Waals surface area contributed by atoms with Crippen LogP contribution in [0.2, 0.25) is 0 Å². The minimum Gasteiger partial charge on any atom is -0.299 e. The Hall–Kier alpha value is -2.57. The van der Waals surface area contributed by atoms with E-state index in [1.54, 1.807) is 12.1 Å². The molecule has 1 heterocycles. The van der Waals surface area contributed by atoms with Crippen molar-refractivity contribution in [2.75, 3.05) is 4.90 Å². The molecule has 1 aromatic rings. The Morgan fingerprint density at radius 1 is 1.07 bits per heavy atom. The van der Waals surface area contributed by atoms with Crippen molar-refractivity contribution in [2.24, 2.45) is 23.7 Å². The van der Waals surface area contributed by atoms with Gasteiger partial charge in [0.05, 0.1) is 22.4 Å². The first-order valence-corrected chi connectivity index (χ1v) is 9.30. The highest BCUT2D eigenvalue weighted by atomic mass is 16.6. The van der Waals surface area contributed by atoms with Gasteiger partial charge >= 0.3 is 0 Å². The summed E-state index contributed by atoms with van der Waals surface area (Å²) >= 11 is 0. The summed E-state index contributed by atoms with van der Waals surface area (Å²) in [7, 11) is 0. The summed E-state index contributed by atoms with van der Waals surface area (Å²) in [6.07, 6.45) is 1.80. The number of nitro benzene ring substituents is 1. The summed E-state index contributed by atoms with van der Waals surface area (Å²) in [5.41, 5.74) is 0.225. The molecule has 3 aliphatic carbocycles. The van der Waals surface area contributed by atoms with E-state index in [1.807, 2.05) is 20.8 Å². The van der Waals surface area contributed by atoms with Gasteiger partial charge in [-0.1, -0.05) is 20.8 Å². The van der Waals surface area contributed by atoms with Crippen molar-refractivity contribution in [1.82, 2.24) is 0 Å². The molecule has 0 aromatic heterocycles. The Morgan fingerprint density at radius 3 is 2.33 bits per heavy atom. The van der Waals surface area contributed by atoms with Crippen LogP contribution in [0.4, 0.5) is 11.4 Å². The van der Waals surface area contributed by atoms with Crippen LogP contribution >= 0.6 is 0 Å². The molecule has 27 heavy (non-hydrogen) atoms. The number of hydrogen-bond acceptors (Lipinski definition) is 5. The number of ketones is 1. The molecule has 5 rings (SSSR count). The highest BCUT2D eigenvalue weighted by Crippen LogP contribution is 2.52. The molecule has 1 saturated heterocycles. The van der Waals surface area contributed by atoms with Gasteiger partial charge in [0.15, 0.2) is 0 Å². The molecule has 2 amide bonds. The Balaban J connectivity index is 1.77. The lowest BCUT2D eigenvalue weighted by molar-refractivity contribution is -0.385. The summed E-state index contributed by atoms with van der Waals surface area (Å²) in [5.74, 6) is -2.16. The van der Waals surface area contributed by atoms with Gasteiger partial charge in [-0.25, -0.2) is 4.90 Å². The van der Waals surface area contributed by atoms with Gasteiger partial charge < -0.3 is 0 Å². The lowest BCUT2D eigenvalue weighted by Crippen LogP contribution is -2.46. The average Bonchev–Trinajstić information content (AvgIpc) is 2.87. The van der Waals surface area contributed by atoms with Crippen LogP contribution < -0.4 is 4.90 Å². The minimum absolute atomic E-state index is 0.0737. The van der Waals surface area contributed by atoms with Crippen LogP contribution in [0.5, 0.6) is 0 Å². The van der Waals surface area contributed by atoms with Crippen LogP contribution in [0, 0.1) is 33.8 Å². The molecule has 2 bridgehead atoms. The summed E-state index contributed by atoms with van der Waals surface area (Å²) in [5, 5.41) is 11.6. The smallest absolute Gasteiger partial charge is 0.275 e. The van der Waals surface area contributed by atoms with Crippen molar-refractivity contribution in [3.05, 3.63) is 33.9 Å². The summed E-state index contributed by atoms with van der Waals surface area (Å²) in [6, 6.07) is 4.54. The zero-order valence-electron chi connectivity index (χ0n) is 15.6. The number of nitrogens with zero attached hydrogens (tertiary/aromatic N) is 2. The third-order valence-corrected chi connectivity index (χ3v) is 6.31. The number of imide groups is 1. The fraction of sp³-hybridized carbons (Fsp3) is 0.550. The molecule has 142 valence electrons. The summed E-state index contributed by atoms with van der Waals surface area (Å²) in [4.78, 5) is 50.5. The van der Waals surface area contributed by atoms with Crippen LogP contribution in [0.3, 0.4) is 0 Å². The van der Waals surface area contributed by atoms with Crippen molar-refractivity contribution in [1.29, 1.82) is 0 Å². The molecule has 0 radical (unpaired) electrons. The second kappa shape index (κ2) is 5.71. The molecule has 4 fully saturated rings. The number of amides is 2. The number of carbonyl (C=O) groups excluding carboxylic acids is 3. The van der Waals surface area contributed by atoms with Gasteiger partial charge in [-0.05, 0) is 36.3 Å². The molecular formula is C20H22N2O5. The van der Waals surface area contributed by atoms with Gasteiger partial charge in [0.25, 0.3) is 5.69 Å². The Labute approximate surface area is 156 Å². The molecule has 1 aliphatic heterocycles. The van der Waals surface area contributed by atoms with Crippen molar-refractivity contribution >= 4 is 29.0 Å². The molecule has 1 aromatic carbocycles. The highest BCUT2D eigenvalue weighted by Gasteiger charge is 2.61. The Morgan fingerprint density at radius 2 is 1.74 bits per heavy atom. The minimum atomic E-state index is -0.598. The van der Waals surface area contributed by atoms with Crippen molar-refractivity contribution in [2.45, 2.75) is 45.4 Å². The first kappa shape index (κ1) is 17.8. The van der Waals surface area contributed by atoms with E-state index in [0.717, 1.165) is 11.3 Å². The number of nitro groups is 1. The number of anilines is 1. The van der Waals surface area contributed by atoms with Gasteiger partial charge in [0, 0.05) is 24.0 Å². The molecule has 4 atom stereocenters. The summed E-state index contributed by atoms with van der Waals surface area (Å²) in [6.45, 7) is 5.62. The van der Waals surface area contributed by atoms with Crippen LogP contribution in [0.15, 0.2) is 18.2 Å². The second-order valence-corrected chi connectivity index (χ2v) is 8.89. The molecule has 0 spiro atoms. The van der Waals surface area contributed by atoms with E-state index in [9.17, 15) is 24.5 Å². The third kappa shape index (κ3) is 2.51. The van der Waals surface area contributed by atoms with Crippen LogP contribution in [-0.4, -0.2) is 22.5 Å². The maximum Gasteiger partial charge on any atom is 0.275 e. The van der Waals surface area contributed by atoms with Crippen LogP contribution in [0.1, 0.15) is 45.6 Å². The lowest BCUT2D eigenvalue weighted by atomic mass is 9.59. The molecule has 4 aliphatic rings. The van der Waals surface area contributed by atoms with E-state index in [1.165, 1.54) is 6.07 Å². The number of hydrogen-bond donors (Lipinski definition) is 0. The fourth-order valence-corrected chi connectivity index (χ4v) is 5.08. The predicted molar refractivity (Wildman–Crippen MR) is 97.1 cm³/mol. The number of rotatable bonds is 2. The second-order valence-electron chi connectivity index (χ2n) is 8.89. The average molecular weight is 370 g/mol. The van der Waals surface area contributed by atoms with Crippen molar-refractivity contribution in [3.63, 3.8) is 0 Å². The normalized spacial score (nSPS) is 30.0. The molecular weight excluding hydrogens is 348 g/mol. The van der Waals surface area contributed by atoms with Gasteiger partial charge in [-0.15, -0.1) is 0 Å². The first-order valence-electron chi connectivity index (χ1n) is 9.30. The molecule has 4 unspecified atom stereocenters. The largest absolute Gasteiger partial charge is 0.299 e. The molecule has 0 N–H and O–H groups in total. The van der Waals surface area contributed by atoms with Crippen LogP contribution in [0.25, 0.3) is 0 Å². The zero-order valence-corrected chi connectivity index (χ0v) is 15.6. The Bertz CT molecular complexity index is 885. The predicted octanol–water partition coefficient (Wildman–Crippen LogP) is 3.00. The van der Waals surface area contributed by atoms with Gasteiger partial charge in [0.2, 0.25) is 11.8 Å². The third-order valence-electron chi connectivity index (χ3n) is 6.31. The molecule has 7 nitrogen and oxygen atoms in total. The monoisotopic (exact) mass is 370 g/mol. The number of carbonyl (C=O) groups is 3. The van der Waals surface area contributed by atoms with Crippen LogP contribution in [-0.2, 0) is 19.8 Å². The fourth-order valence-electron chi connectivity index (χ4n) is 5.08. The molecule has 7 heteroatoms. The maximum absolute atomic E-state index is 13.0. The first-order chi connectivity index (χ1) is 12.6. The number of Topliss-reactive ketones (excluding diaryl/α,β-unsaturated/α-hetero) is 1. The standard InChI is InChI=1S/C20H22N2O5/c1-20(2,3)13-7-5-11(9-14(13)22(26)27)21-18(24)16-10-4-6-12(15(23)8-10)17(16)19(21)25/h5,7,9-10,12,16-17H,4,6,8H2,1-3H3. The highest BCUT2D eigenvalue weighted by molar-refractivity contribution is 6.23. The Kier molecular flexibility index (Phi) is 3.77. The van der Waals surface area contributed by atoms with Gasteiger partial charge in [-0.3, -0.25) is 24.5 Å².